The first-order valence-corrected chi connectivity index (χ1v) is 6.18. The number of ether oxygens (including phenoxy) is 1. The fourth-order valence-corrected chi connectivity index (χ4v) is 2.15. The van der Waals surface area contributed by atoms with Crippen LogP contribution < -0.4 is 4.74 Å². The zero-order chi connectivity index (χ0) is 14.2. The lowest BCUT2D eigenvalue weighted by atomic mass is 10.3. The molecule has 0 radical (unpaired) electrons. The molecule has 1 heterocycles. The quantitative estimate of drug-likeness (QED) is 0.832. The summed E-state index contributed by atoms with van der Waals surface area (Å²) in [5.74, 6) is 0.0711. The van der Waals surface area contributed by atoms with Gasteiger partial charge in [0, 0.05) is 4.47 Å². The van der Waals surface area contributed by atoms with E-state index in [1.807, 2.05) is 0 Å². The van der Waals surface area contributed by atoms with Gasteiger partial charge in [-0.15, -0.1) is 13.2 Å². The summed E-state index contributed by atoms with van der Waals surface area (Å²) in [6, 6.07) is 4.27. The Hall–Kier alpha value is -1.35. The topological polar surface area (TPSA) is 42.8 Å². The number of aromatic nitrogens is 3. The van der Waals surface area contributed by atoms with Crippen molar-refractivity contribution in [2.75, 3.05) is 0 Å². The molecule has 0 spiro atoms. The van der Waals surface area contributed by atoms with Crippen molar-refractivity contribution in [2.24, 2.45) is 0 Å². The van der Waals surface area contributed by atoms with Gasteiger partial charge in [0.05, 0.1) is 5.69 Å². The largest absolute Gasteiger partial charge is 0.573 e. The molecular weight excluding hydrogens is 347 g/mol. The van der Waals surface area contributed by atoms with E-state index in [-0.39, 0.29) is 16.2 Å². The molecule has 2 rings (SSSR count). The van der Waals surface area contributed by atoms with Gasteiger partial charge in [0.15, 0.2) is 10.5 Å². The van der Waals surface area contributed by atoms with Crippen molar-refractivity contribution < 1.29 is 17.9 Å². The lowest BCUT2D eigenvalue weighted by Gasteiger charge is -2.14. The minimum atomic E-state index is -4.78. The molecule has 2 aromatic rings. The number of hydrogen-bond acceptors (Lipinski definition) is 3. The van der Waals surface area contributed by atoms with Crippen molar-refractivity contribution in [3.63, 3.8) is 0 Å². The number of halogens is 4. The maximum atomic E-state index is 12.4. The molecule has 0 fully saturated rings. The molecule has 0 atom stereocenters. The molecule has 0 aliphatic rings. The van der Waals surface area contributed by atoms with Gasteiger partial charge in [-0.05, 0) is 37.3 Å². The third-order valence-electron chi connectivity index (χ3n) is 2.23. The van der Waals surface area contributed by atoms with E-state index in [1.54, 1.807) is 13.0 Å². The maximum absolute atomic E-state index is 12.4. The van der Waals surface area contributed by atoms with Crippen molar-refractivity contribution >= 4 is 28.1 Å². The van der Waals surface area contributed by atoms with Crippen LogP contribution in [0.15, 0.2) is 22.7 Å². The summed E-state index contributed by atoms with van der Waals surface area (Å²) in [5, 5.41) is 6.36. The lowest BCUT2D eigenvalue weighted by Crippen LogP contribution is -2.18. The van der Waals surface area contributed by atoms with Gasteiger partial charge in [0.25, 0.3) is 0 Å². The molecule has 0 bridgehead atoms. The predicted molar refractivity (Wildman–Crippen MR) is 67.9 cm³/mol. The van der Waals surface area contributed by atoms with Crippen LogP contribution >= 0.6 is 28.1 Å². The van der Waals surface area contributed by atoms with E-state index in [0.717, 1.165) is 0 Å². The van der Waals surface area contributed by atoms with Gasteiger partial charge in [-0.25, -0.2) is 0 Å². The highest BCUT2D eigenvalue weighted by molar-refractivity contribution is 9.10. The van der Waals surface area contributed by atoms with Gasteiger partial charge in [-0.2, -0.15) is 5.10 Å². The van der Waals surface area contributed by atoms with Crippen molar-refractivity contribution in [3.8, 4) is 11.4 Å². The molecule has 0 aliphatic carbocycles. The lowest BCUT2D eigenvalue weighted by molar-refractivity contribution is -0.274. The number of aromatic amines is 1. The SMILES string of the molecule is Cc1n[nH]c(=S)n1-c1ccc(Br)cc1OC(F)(F)F. The highest BCUT2D eigenvalue weighted by Crippen LogP contribution is 2.32. The molecule has 1 aromatic carbocycles. The summed E-state index contributed by atoms with van der Waals surface area (Å²) in [5.41, 5.74) is 0.164. The Morgan fingerprint density at radius 2 is 2.11 bits per heavy atom. The molecule has 1 aromatic heterocycles. The molecule has 102 valence electrons. The van der Waals surface area contributed by atoms with Crippen molar-refractivity contribution in [2.45, 2.75) is 13.3 Å². The van der Waals surface area contributed by atoms with Crippen LogP contribution in [0.1, 0.15) is 5.82 Å². The third kappa shape index (κ3) is 3.16. The van der Waals surface area contributed by atoms with Crippen LogP contribution in [0.3, 0.4) is 0 Å². The summed E-state index contributed by atoms with van der Waals surface area (Å²) in [6.45, 7) is 1.62. The number of benzene rings is 1. The van der Waals surface area contributed by atoms with Crippen molar-refractivity contribution in [1.82, 2.24) is 14.8 Å². The van der Waals surface area contributed by atoms with Crippen LogP contribution in [0.5, 0.6) is 5.75 Å². The van der Waals surface area contributed by atoms with Crippen molar-refractivity contribution in [1.29, 1.82) is 0 Å². The third-order valence-corrected chi connectivity index (χ3v) is 3.00. The average molecular weight is 354 g/mol. The Morgan fingerprint density at radius 3 is 2.63 bits per heavy atom. The highest BCUT2D eigenvalue weighted by atomic mass is 79.9. The molecule has 0 saturated heterocycles. The molecule has 0 unspecified atom stereocenters. The smallest absolute Gasteiger partial charge is 0.403 e. The molecule has 1 N–H and O–H groups in total. The van der Waals surface area contributed by atoms with E-state index in [4.69, 9.17) is 12.2 Å². The molecule has 0 aliphatic heterocycles. The van der Waals surface area contributed by atoms with Gasteiger partial charge in [0.2, 0.25) is 0 Å². The van der Waals surface area contributed by atoms with Crippen molar-refractivity contribution in [3.05, 3.63) is 33.3 Å². The van der Waals surface area contributed by atoms with E-state index >= 15 is 0 Å². The standard InChI is InChI=1S/C10H7BrF3N3OS/c1-5-15-16-9(19)17(5)7-3-2-6(11)4-8(7)18-10(12,13)14/h2-4H,1H3,(H,16,19). The molecule has 0 saturated carbocycles. The van der Waals surface area contributed by atoms with E-state index in [0.29, 0.717) is 10.3 Å². The number of hydrogen-bond donors (Lipinski definition) is 1. The average Bonchev–Trinajstić information content (AvgIpc) is 2.58. The number of nitrogens with one attached hydrogen (secondary N) is 1. The zero-order valence-electron chi connectivity index (χ0n) is 9.45. The van der Waals surface area contributed by atoms with Crippen LogP contribution in [0.4, 0.5) is 13.2 Å². The minimum absolute atomic E-state index is 0.164. The number of rotatable bonds is 2. The molecule has 9 heteroatoms. The fraction of sp³-hybridized carbons (Fsp3) is 0.200. The Morgan fingerprint density at radius 1 is 1.42 bits per heavy atom. The van der Waals surface area contributed by atoms with Gasteiger partial charge < -0.3 is 4.74 Å². The zero-order valence-corrected chi connectivity index (χ0v) is 11.9. The summed E-state index contributed by atoms with van der Waals surface area (Å²) in [7, 11) is 0. The molecule has 19 heavy (non-hydrogen) atoms. The Kier molecular flexibility index (Phi) is 3.68. The van der Waals surface area contributed by atoms with E-state index in [9.17, 15) is 13.2 Å². The Labute approximate surface area is 119 Å². The predicted octanol–water partition coefficient (Wildman–Crippen LogP) is 3.90. The molecule has 0 amide bonds. The first-order chi connectivity index (χ1) is 8.78. The highest BCUT2D eigenvalue weighted by Gasteiger charge is 2.32. The van der Waals surface area contributed by atoms with Crippen LogP contribution in [0.2, 0.25) is 0 Å². The number of alkyl halides is 3. The van der Waals surface area contributed by atoms with Gasteiger partial charge in [0.1, 0.15) is 5.82 Å². The minimum Gasteiger partial charge on any atom is -0.403 e. The second-order valence-electron chi connectivity index (χ2n) is 3.57. The molecular formula is C10H7BrF3N3OS. The fourth-order valence-electron chi connectivity index (χ4n) is 1.54. The second kappa shape index (κ2) is 4.97. The number of H-pyrrole nitrogens is 1. The van der Waals surface area contributed by atoms with E-state index in [2.05, 4.69) is 30.9 Å². The van der Waals surface area contributed by atoms with Gasteiger partial charge in [-0.3, -0.25) is 9.67 Å². The van der Waals surface area contributed by atoms with Gasteiger partial charge >= 0.3 is 6.36 Å². The molecule has 4 nitrogen and oxygen atoms in total. The summed E-state index contributed by atoms with van der Waals surface area (Å²) in [6.07, 6.45) is -4.78. The first kappa shape index (κ1) is 14.1. The number of nitrogens with zero attached hydrogens (tertiary/aromatic N) is 2. The van der Waals surface area contributed by atoms with Crippen LogP contribution in [-0.4, -0.2) is 21.1 Å². The van der Waals surface area contributed by atoms with E-state index < -0.39 is 6.36 Å². The van der Waals surface area contributed by atoms with Crippen LogP contribution in [-0.2, 0) is 0 Å². The summed E-state index contributed by atoms with van der Waals surface area (Å²) in [4.78, 5) is 0. The Bertz CT molecular complexity index is 665. The van der Waals surface area contributed by atoms with Crippen LogP contribution in [0, 0.1) is 11.7 Å². The van der Waals surface area contributed by atoms with E-state index in [1.165, 1.54) is 16.7 Å². The normalized spacial score (nSPS) is 11.6. The second-order valence-corrected chi connectivity index (χ2v) is 4.87. The summed E-state index contributed by atoms with van der Waals surface area (Å²) < 4.78 is 43.2. The maximum Gasteiger partial charge on any atom is 0.573 e. The van der Waals surface area contributed by atoms with Gasteiger partial charge in [-0.1, -0.05) is 15.9 Å². The first-order valence-electron chi connectivity index (χ1n) is 4.97. The summed E-state index contributed by atoms with van der Waals surface area (Å²) >= 11 is 8.08. The monoisotopic (exact) mass is 353 g/mol. The Balaban J connectivity index is 2.61. The van der Waals surface area contributed by atoms with Crippen LogP contribution in [0.25, 0.3) is 5.69 Å². The number of aryl methyl sites for hydroxylation is 1.